The van der Waals surface area contributed by atoms with Crippen molar-refractivity contribution in [2.24, 2.45) is 0 Å². The van der Waals surface area contributed by atoms with Crippen LogP contribution in [0.3, 0.4) is 0 Å². The molecule has 0 fully saturated rings. The highest BCUT2D eigenvalue weighted by atomic mass is 16.5. The molecule has 0 spiro atoms. The Balaban J connectivity index is 2.26. The second-order valence-electron chi connectivity index (χ2n) is 3.52. The van der Waals surface area contributed by atoms with Crippen LogP contribution in [0.2, 0.25) is 0 Å². The van der Waals surface area contributed by atoms with Gasteiger partial charge in [-0.15, -0.1) is 0 Å². The number of pyridine rings is 1. The Bertz CT molecular complexity index is 609. The Kier molecular flexibility index (Phi) is 3.72. The van der Waals surface area contributed by atoms with Crippen molar-refractivity contribution in [1.82, 2.24) is 4.98 Å². The highest BCUT2D eigenvalue weighted by molar-refractivity contribution is 6.11. The molecule has 0 saturated heterocycles. The highest BCUT2D eigenvalue weighted by Crippen LogP contribution is 2.17. The lowest BCUT2D eigenvalue weighted by Crippen LogP contribution is -1.99. The van der Waals surface area contributed by atoms with Crippen LogP contribution in [0.4, 0.5) is 0 Å². The normalized spacial score (nSPS) is 9.17. The number of carbonyl (C=O) groups is 1. The lowest BCUT2D eigenvalue weighted by molar-refractivity contribution is 0.105. The average molecular weight is 237 g/mol. The number of ketones is 1. The molecule has 0 N–H and O–H groups in total. The number of ether oxygens (including phenoxy) is 1. The summed E-state index contributed by atoms with van der Waals surface area (Å²) in [6.45, 7) is 0. The largest absolute Gasteiger partial charge is 0.496 e. The van der Waals surface area contributed by atoms with Gasteiger partial charge in [-0.3, -0.25) is 9.78 Å². The molecule has 2 rings (SSSR count). The van der Waals surface area contributed by atoms with Gasteiger partial charge in [0.25, 0.3) is 0 Å². The summed E-state index contributed by atoms with van der Waals surface area (Å²) in [5.74, 6) is 5.62. The van der Waals surface area contributed by atoms with Gasteiger partial charge in [-0.2, -0.15) is 0 Å². The minimum atomic E-state index is -0.267. The average Bonchev–Trinajstić information content (AvgIpc) is 2.45. The van der Waals surface area contributed by atoms with Gasteiger partial charge in [-0.1, -0.05) is 18.1 Å². The number of hydrogen-bond donors (Lipinski definition) is 0. The molecule has 0 aliphatic rings. The molecule has 0 aliphatic heterocycles. The summed E-state index contributed by atoms with van der Waals surface area (Å²) in [6.07, 6.45) is 3.27. The van der Waals surface area contributed by atoms with Gasteiger partial charge in [-0.05, 0) is 30.2 Å². The van der Waals surface area contributed by atoms with Crippen LogP contribution in [0.1, 0.15) is 15.9 Å². The predicted molar refractivity (Wildman–Crippen MR) is 68.4 cm³/mol. The third kappa shape index (κ3) is 2.74. The van der Waals surface area contributed by atoms with E-state index < -0.39 is 0 Å². The number of hydrogen-bond acceptors (Lipinski definition) is 3. The quantitative estimate of drug-likeness (QED) is 0.594. The first-order chi connectivity index (χ1) is 8.81. The van der Waals surface area contributed by atoms with Crippen molar-refractivity contribution in [3.05, 3.63) is 59.9 Å². The van der Waals surface area contributed by atoms with Gasteiger partial charge in [0.15, 0.2) is 0 Å². The van der Waals surface area contributed by atoms with Gasteiger partial charge in [0, 0.05) is 18.0 Å². The van der Waals surface area contributed by atoms with E-state index in [1.165, 1.54) is 7.11 Å². The van der Waals surface area contributed by atoms with E-state index in [9.17, 15) is 4.79 Å². The van der Waals surface area contributed by atoms with Crippen molar-refractivity contribution in [1.29, 1.82) is 0 Å². The van der Waals surface area contributed by atoms with E-state index in [1.54, 1.807) is 42.7 Å². The smallest absolute Gasteiger partial charge is 0.239 e. The molecule has 0 amide bonds. The first-order valence-corrected chi connectivity index (χ1v) is 5.40. The fraction of sp³-hybridized carbons (Fsp3) is 0.0667. The standard InChI is InChI=1S/C15H11NO2/c1-18-15-7-3-2-6-13(15)14(17)9-8-12-5-4-10-16-11-12/h2-7,10-11H,1H3. The zero-order chi connectivity index (χ0) is 12.8. The van der Waals surface area contributed by atoms with Gasteiger partial charge in [0.2, 0.25) is 5.78 Å². The summed E-state index contributed by atoms with van der Waals surface area (Å²) >= 11 is 0. The molecule has 0 aliphatic carbocycles. The predicted octanol–water partition coefficient (Wildman–Crippen LogP) is 2.32. The number of rotatable bonds is 2. The maximum Gasteiger partial charge on any atom is 0.239 e. The number of para-hydroxylation sites is 1. The third-order valence-electron chi connectivity index (χ3n) is 2.33. The Labute approximate surface area is 105 Å². The van der Waals surface area contributed by atoms with Crippen LogP contribution < -0.4 is 4.74 Å². The zero-order valence-corrected chi connectivity index (χ0v) is 9.88. The highest BCUT2D eigenvalue weighted by Gasteiger charge is 2.08. The van der Waals surface area contributed by atoms with Crippen LogP contribution in [0.15, 0.2) is 48.8 Å². The molecule has 0 atom stereocenters. The van der Waals surface area contributed by atoms with E-state index in [-0.39, 0.29) is 5.78 Å². The summed E-state index contributed by atoms with van der Waals surface area (Å²) < 4.78 is 5.12. The lowest BCUT2D eigenvalue weighted by Gasteiger charge is -2.02. The number of methoxy groups -OCH3 is 1. The Morgan fingerprint density at radius 3 is 2.78 bits per heavy atom. The molecule has 3 nitrogen and oxygen atoms in total. The number of nitrogens with zero attached hydrogens (tertiary/aromatic N) is 1. The fourth-order valence-electron chi connectivity index (χ4n) is 1.47. The first kappa shape index (κ1) is 11.9. The summed E-state index contributed by atoms with van der Waals surface area (Å²) in [5, 5.41) is 0. The minimum Gasteiger partial charge on any atom is -0.496 e. The van der Waals surface area contributed by atoms with Gasteiger partial charge < -0.3 is 4.74 Å². The van der Waals surface area contributed by atoms with Crippen LogP contribution in [0.5, 0.6) is 5.75 Å². The summed E-state index contributed by atoms with van der Waals surface area (Å²) in [4.78, 5) is 15.9. The molecule has 0 saturated carbocycles. The molecule has 2 aromatic rings. The molecule has 3 heteroatoms. The maximum atomic E-state index is 11.9. The second-order valence-corrected chi connectivity index (χ2v) is 3.52. The molecular formula is C15H11NO2. The van der Waals surface area contributed by atoms with Crippen molar-refractivity contribution in [3.8, 4) is 17.6 Å². The first-order valence-electron chi connectivity index (χ1n) is 5.40. The molecule has 88 valence electrons. The number of benzene rings is 1. The van der Waals surface area contributed by atoms with Crippen molar-refractivity contribution in [3.63, 3.8) is 0 Å². The van der Waals surface area contributed by atoms with Crippen LogP contribution in [-0.2, 0) is 0 Å². The minimum absolute atomic E-state index is 0.267. The lowest BCUT2D eigenvalue weighted by atomic mass is 10.1. The molecule has 1 aromatic heterocycles. The van der Waals surface area contributed by atoms with E-state index in [0.29, 0.717) is 16.9 Å². The van der Waals surface area contributed by atoms with Gasteiger partial charge in [0.05, 0.1) is 12.7 Å². The van der Waals surface area contributed by atoms with E-state index in [0.717, 1.165) is 0 Å². The van der Waals surface area contributed by atoms with Gasteiger partial charge in [0.1, 0.15) is 5.75 Å². The van der Waals surface area contributed by atoms with Crippen LogP contribution in [0, 0.1) is 11.8 Å². The third-order valence-corrected chi connectivity index (χ3v) is 2.33. The summed E-state index contributed by atoms with van der Waals surface area (Å²) in [5.41, 5.74) is 1.18. The maximum absolute atomic E-state index is 11.9. The van der Waals surface area contributed by atoms with Crippen LogP contribution in [0.25, 0.3) is 0 Å². The van der Waals surface area contributed by atoms with Crippen molar-refractivity contribution < 1.29 is 9.53 Å². The SMILES string of the molecule is COc1ccccc1C(=O)C#Cc1cccnc1. The van der Waals surface area contributed by atoms with E-state index in [1.807, 2.05) is 6.07 Å². The number of aromatic nitrogens is 1. The molecule has 0 radical (unpaired) electrons. The van der Waals surface area contributed by atoms with E-state index >= 15 is 0 Å². The molecule has 0 bridgehead atoms. The summed E-state index contributed by atoms with van der Waals surface area (Å²) in [7, 11) is 1.53. The van der Waals surface area contributed by atoms with Crippen molar-refractivity contribution >= 4 is 5.78 Å². The number of carbonyl (C=O) groups excluding carboxylic acids is 1. The fourth-order valence-corrected chi connectivity index (χ4v) is 1.47. The molecule has 18 heavy (non-hydrogen) atoms. The molecule has 1 heterocycles. The van der Waals surface area contributed by atoms with Crippen molar-refractivity contribution in [2.45, 2.75) is 0 Å². The van der Waals surface area contributed by atoms with Crippen LogP contribution in [-0.4, -0.2) is 17.9 Å². The van der Waals surface area contributed by atoms with Crippen molar-refractivity contribution in [2.75, 3.05) is 7.11 Å². The molecule has 0 unspecified atom stereocenters. The Morgan fingerprint density at radius 2 is 2.06 bits per heavy atom. The summed E-state index contributed by atoms with van der Waals surface area (Å²) in [6, 6.07) is 10.6. The monoisotopic (exact) mass is 237 g/mol. The molecular weight excluding hydrogens is 226 g/mol. The second kappa shape index (κ2) is 5.65. The Hall–Kier alpha value is -2.60. The zero-order valence-electron chi connectivity index (χ0n) is 9.88. The Morgan fingerprint density at radius 1 is 1.22 bits per heavy atom. The number of Topliss-reactive ketones (excluding diaryl/α,β-unsaturated/α-hetero) is 1. The molecule has 1 aromatic carbocycles. The van der Waals surface area contributed by atoms with E-state index in [4.69, 9.17) is 4.74 Å². The van der Waals surface area contributed by atoms with Gasteiger partial charge in [-0.25, -0.2) is 0 Å². The van der Waals surface area contributed by atoms with E-state index in [2.05, 4.69) is 16.8 Å². The topological polar surface area (TPSA) is 39.2 Å². The van der Waals surface area contributed by atoms with Gasteiger partial charge >= 0.3 is 0 Å². The van der Waals surface area contributed by atoms with Crippen LogP contribution >= 0.6 is 0 Å².